The summed E-state index contributed by atoms with van der Waals surface area (Å²) in [5.41, 5.74) is 2.30. The SMILES string of the molecule is COc1cc(N2CCC(NC(C)=O)C2)ccc1C. The van der Waals surface area contributed by atoms with E-state index >= 15 is 0 Å². The Labute approximate surface area is 108 Å². The van der Waals surface area contributed by atoms with E-state index < -0.39 is 0 Å². The van der Waals surface area contributed by atoms with Crippen LogP contribution in [0, 0.1) is 6.92 Å². The van der Waals surface area contributed by atoms with Crippen molar-refractivity contribution >= 4 is 11.6 Å². The second kappa shape index (κ2) is 5.29. The molecule has 0 spiro atoms. The van der Waals surface area contributed by atoms with Gasteiger partial charge in [-0.25, -0.2) is 0 Å². The maximum absolute atomic E-state index is 11.0. The van der Waals surface area contributed by atoms with Gasteiger partial charge in [0.1, 0.15) is 5.75 Å². The van der Waals surface area contributed by atoms with Gasteiger partial charge < -0.3 is 15.0 Å². The second-order valence-electron chi connectivity index (χ2n) is 4.79. The molecule has 4 nitrogen and oxygen atoms in total. The van der Waals surface area contributed by atoms with Crippen molar-refractivity contribution in [1.82, 2.24) is 5.32 Å². The van der Waals surface area contributed by atoms with Crippen LogP contribution in [0.5, 0.6) is 5.75 Å². The van der Waals surface area contributed by atoms with Gasteiger partial charge >= 0.3 is 0 Å². The van der Waals surface area contributed by atoms with E-state index in [2.05, 4.69) is 28.4 Å². The molecule has 0 radical (unpaired) electrons. The number of carbonyl (C=O) groups is 1. The molecule has 2 rings (SSSR count). The molecule has 1 aromatic carbocycles. The van der Waals surface area contributed by atoms with E-state index in [1.165, 1.54) is 0 Å². The quantitative estimate of drug-likeness (QED) is 0.885. The Hall–Kier alpha value is -1.71. The lowest BCUT2D eigenvalue weighted by Gasteiger charge is -2.20. The summed E-state index contributed by atoms with van der Waals surface area (Å²) in [6, 6.07) is 6.49. The summed E-state index contributed by atoms with van der Waals surface area (Å²) in [4.78, 5) is 13.3. The zero-order chi connectivity index (χ0) is 13.1. The summed E-state index contributed by atoms with van der Waals surface area (Å²) >= 11 is 0. The largest absolute Gasteiger partial charge is 0.496 e. The maximum Gasteiger partial charge on any atom is 0.217 e. The number of ether oxygens (including phenoxy) is 1. The highest BCUT2D eigenvalue weighted by Gasteiger charge is 2.23. The fourth-order valence-electron chi connectivity index (χ4n) is 2.41. The van der Waals surface area contributed by atoms with Gasteiger partial charge in [0.15, 0.2) is 0 Å². The molecule has 1 saturated heterocycles. The molecule has 0 aliphatic carbocycles. The van der Waals surface area contributed by atoms with Gasteiger partial charge in [0, 0.05) is 37.8 Å². The number of hydrogen-bond donors (Lipinski definition) is 1. The molecule has 1 heterocycles. The van der Waals surface area contributed by atoms with Crippen LogP contribution in [0.15, 0.2) is 18.2 Å². The topological polar surface area (TPSA) is 41.6 Å². The van der Waals surface area contributed by atoms with Crippen molar-refractivity contribution in [2.45, 2.75) is 26.3 Å². The lowest BCUT2D eigenvalue weighted by Crippen LogP contribution is -2.35. The monoisotopic (exact) mass is 248 g/mol. The Kier molecular flexibility index (Phi) is 3.75. The second-order valence-corrected chi connectivity index (χ2v) is 4.79. The minimum atomic E-state index is 0.0448. The van der Waals surface area contributed by atoms with Crippen LogP contribution in [-0.2, 0) is 4.79 Å². The predicted molar refractivity (Wildman–Crippen MR) is 72.2 cm³/mol. The molecular weight excluding hydrogens is 228 g/mol. The molecule has 0 bridgehead atoms. The molecule has 1 amide bonds. The van der Waals surface area contributed by atoms with Gasteiger partial charge in [-0.05, 0) is 25.0 Å². The molecule has 1 aliphatic rings. The smallest absolute Gasteiger partial charge is 0.217 e. The third-order valence-electron chi connectivity index (χ3n) is 3.35. The number of nitrogens with zero attached hydrogens (tertiary/aromatic N) is 1. The average Bonchev–Trinajstić information content (AvgIpc) is 2.77. The molecule has 1 aromatic rings. The third kappa shape index (κ3) is 2.75. The van der Waals surface area contributed by atoms with Crippen LogP contribution in [0.3, 0.4) is 0 Å². The third-order valence-corrected chi connectivity index (χ3v) is 3.35. The van der Waals surface area contributed by atoms with E-state index in [9.17, 15) is 4.79 Å². The minimum absolute atomic E-state index is 0.0448. The van der Waals surface area contributed by atoms with Crippen LogP contribution in [0.4, 0.5) is 5.69 Å². The van der Waals surface area contributed by atoms with Gasteiger partial charge in [-0.3, -0.25) is 4.79 Å². The first kappa shape index (κ1) is 12.7. The molecule has 1 N–H and O–H groups in total. The fourth-order valence-corrected chi connectivity index (χ4v) is 2.41. The highest BCUT2D eigenvalue weighted by atomic mass is 16.5. The summed E-state index contributed by atoms with van der Waals surface area (Å²) < 4.78 is 5.34. The van der Waals surface area contributed by atoms with Crippen LogP contribution in [0.1, 0.15) is 18.9 Å². The maximum atomic E-state index is 11.0. The van der Waals surface area contributed by atoms with Crippen molar-refractivity contribution in [2.75, 3.05) is 25.1 Å². The van der Waals surface area contributed by atoms with E-state index in [0.717, 1.165) is 36.5 Å². The van der Waals surface area contributed by atoms with Crippen molar-refractivity contribution in [1.29, 1.82) is 0 Å². The minimum Gasteiger partial charge on any atom is -0.496 e. The molecule has 1 fully saturated rings. The molecule has 0 aromatic heterocycles. The Balaban J connectivity index is 2.07. The lowest BCUT2D eigenvalue weighted by molar-refractivity contribution is -0.119. The summed E-state index contributed by atoms with van der Waals surface area (Å²) in [7, 11) is 1.69. The van der Waals surface area contributed by atoms with E-state index in [4.69, 9.17) is 4.74 Å². The highest BCUT2D eigenvalue weighted by molar-refractivity contribution is 5.73. The van der Waals surface area contributed by atoms with E-state index in [0.29, 0.717) is 0 Å². The van der Waals surface area contributed by atoms with Crippen molar-refractivity contribution in [3.05, 3.63) is 23.8 Å². The van der Waals surface area contributed by atoms with Crippen LogP contribution in [-0.4, -0.2) is 32.1 Å². The molecule has 1 unspecified atom stereocenters. The van der Waals surface area contributed by atoms with Gasteiger partial charge in [-0.15, -0.1) is 0 Å². The first-order valence-electron chi connectivity index (χ1n) is 6.27. The van der Waals surface area contributed by atoms with E-state index in [1.54, 1.807) is 14.0 Å². The number of nitrogens with one attached hydrogen (secondary N) is 1. The molecule has 0 saturated carbocycles. The molecule has 1 atom stereocenters. The normalized spacial score (nSPS) is 18.8. The van der Waals surface area contributed by atoms with E-state index in [-0.39, 0.29) is 11.9 Å². The number of carbonyl (C=O) groups excluding carboxylic acids is 1. The summed E-state index contributed by atoms with van der Waals surface area (Å²) in [5, 5.41) is 2.97. The predicted octanol–water partition coefficient (Wildman–Crippen LogP) is 1.72. The number of methoxy groups -OCH3 is 1. The molecule has 18 heavy (non-hydrogen) atoms. The van der Waals surface area contributed by atoms with Gasteiger partial charge in [-0.1, -0.05) is 6.07 Å². The van der Waals surface area contributed by atoms with Gasteiger partial charge in [0.2, 0.25) is 5.91 Å². The van der Waals surface area contributed by atoms with Gasteiger partial charge in [-0.2, -0.15) is 0 Å². The van der Waals surface area contributed by atoms with Gasteiger partial charge in [0.05, 0.1) is 7.11 Å². The highest BCUT2D eigenvalue weighted by Crippen LogP contribution is 2.27. The van der Waals surface area contributed by atoms with Crippen molar-refractivity contribution in [2.24, 2.45) is 0 Å². The summed E-state index contributed by atoms with van der Waals surface area (Å²) in [6.07, 6.45) is 0.996. The Morgan fingerprint density at radius 2 is 2.28 bits per heavy atom. The van der Waals surface area contributed by atoms with Crippen LogP contribution >= 0.6 is 0 Å². The number of benzene rings is 1. The van der Waals surface area contributed by atoms with Crippen LogP contribution < -0.4 is 15.0 Å². The Bertz CT molecular complexity index is 445. The zero-order valence-electron chi connectivity index (χ0n) is 11.2. The molecular formula is C14H20N2O2. The first-order chi connectivity index (χ1) is 8.60. The average molecular weight is 248 g/mol. The number of amides is 1. The number of hydrogen-bond acceptors (Lipinski definition) is 3. The Morgan fingerprint density at radius 1 is 1.50 bits per heavy atom. The van der Waals surface area contributed by atoms with Crippen molar-refractivity contribution < 1.29 is 9.53 Å². The number of aryl methyl sites for hydroxylation is 1. The molecule has 4 heteroatoms. The van der Waals surface area contributed by atoms with Gasteiger partial charge in [0.25, 0.3) is 0 Å². The Morgan fingerprint density at radius 3 is 2.94 bits per heavy atom. The first-order valence-corrected chi connectivity index (χ1v) is 6.27. The standard InChI is InChI=1S/C14H20N2O2/c1-10-4-5-13(8-14(10)18-3)16-7-6-12(9-16)15-11(2)17/h4-5,8,12H,6-7,9H2,1-3H3,(H,15,17). The fraction of sp³-hybridized carbons (Fsp3) is 0.500. The zero-order valence-corrected chi connectivity index (χ0v) is 11.2. The lowest BCUT2D eigenvalue weighted by atomic mass is 10.2. The van der Waals surface area contributed by atoms with Crippen molar-refractivity contribution in [3.8, 4) is 5.75 Å². The number of rotatable bonds is 3. The molecule has 98 valence electrons. The number of anilines is 1. The van der Waals surface area contributed by atoms with Crippen molar-refractivity contribution in [3.63, 3.8) is 0 Å². The molecule has 1 aliphatic heterocycles. The van der Waals surface area contributed by atoms with E-state index in [1.807, 2.05) is 6.92 Å². The van der Waals surface area contributed by atoms with Crippen LogP contribution in [0.2, 0.25) is 0 Å². The summed E-state index contributed by atoms with van der Waals surface area (Å²) in [5.74, 6) is 0.957. The van der Waals surface area contributed by atoms with Crippen LogP contribution in [0.25, 0.3) is 0 Å². The summed E-state index contributed by atoms with van der Waals surface area (Å²) in [6.45, 7) is 5.44.